The highest BCUT2D eigenvalue weighted by atomic mass is 32.1. The minimum absolute atomic E-state index is 0.147. The molecule has 0 spiro atoms. The van der Waals surface area contributed by atoms with E-state index in [1.165, 1.54) is 11.3 Å². The average Bonchev–Trinajstić information content (AvgIpc) is 2.34. The van der Waals surface area contributed by atoms with Crippen LogP contribution in [0.1, 0.15) is 10.9 Å². The molecule has 2 nitrogen and oxygen atoms in total. The first-order valence-corrected chi connectivity index (χ1v) is 3.77. The van der Waals surface area contributed by atoms with Crippen molar-refractivity contribution < 1.29 is 5.11 Å². The zero-order valence-corrected chi connectivity index (χ0v) is 6.27. The van der Waals surface area contributed by atoms with Crippen LogP contribution in [0.25, 0.3) is 0 Å². The lowest BCUT2D eigenvalue weighted by Gasteiger charge is -1.98. The first-order valence-electron chi connectivity index (χ1n) is 2.89. The molecule has 3 N–H and O–H groups in total. The predicted octanol–water partition coefficient (Wildman–Crippen LogP) is 1.64. The lowest BCUT2D eigenvalue weighted by molar-refractivity contribution is 0.477. The summed E-state index contributed by atoms with van der Waals surface area (Å²) in [6.45, 7) is 3.55. The van der Waals surface area contributed by atoms with Gasteiger partial charge in [0.25, 0.3) is 0 Å². The summed E-state index contributed by atoms with van der Waals surface area (Å²) in [5.74, 6) is 0.275. The van der Waals surface area contributed by atoms with Gasteiger partial charge >= 0.3 is 0 Å². The molecule has 0 bridgehead atoms. The van der Waals surface area contributed by atoms with Gasteiger partial charge in [0, 0.05) is 10.3 Å². The lowest BCUT2D eigenvalue weighted by Crippen LogP contribution is -2.03. The molecule has 1 aromatic rings. The first-order chi connectivity index (χ1) is 4.74. The van der Waals surface area contributed by atoms with E-state index in [0.29, 0.717) is 0 Å². The molecule has 0 fully saturated rings. The van der Waals surface area contributed by atoms with E-state index in [0.717, 1.165) is 4.88 Å². The molecule has 3 heteroatoms. The van der Waals surface area contributed by atoms with Crippen LogP contribution in [0.5, 0.6) is 5.75 Å². The fourth-order valence-electron chi connectivity index (χ4n) is 0.633. The quantitative estimate of drug-likeness (QED) is 0.638. The summed E-state index contributed by atoms with van der Waals surface area (Å²) in [5, 5.41) is 10.6. The molecule has 1 aromatic heterocycles. The molecule has 54 valence electrons. The maximum atomic E-state index is 8.92. The third-order valence-electron chi connectivity index (χ3n) is 1.19. The second-order valence-electron chi connectivity index (χ2n) is 1.97. The molecule has 0 saturated carbocycles. The summed E-state index contributed by atoms with van der Waals surface area (Å²) in [4.78, 5) is 0.938. The molecule has 0 aromatic carbocycles. The van der Waals surface area contributed by atoms with Gasteiger partial charge in [-0.25, -0.2) is 0 Å². The molecule has 0 amide bonds. The Hall–Kier alpha value is -0.800. The SMILES string of the molecule is C=C[C@H](N)c1cc(O)cs1. The molecule has 0 saturated heterocycles. The number of thiophene rings is 1. The van der Waals surface area contributed by atoms with Crippen molar-refractivity contribution in [3.8, 4) is 5.75 Å². The van der Waals surface area contributed by atoms with Gasteiger partial charge in [-0.2, -0.15) is 0 Å². The maximum absolute atomic E-state index is 8.92. The van der Waals surface area contributed by atoms with Gasteiger partial charge in [-0.1, -0.05) is 6.08 Å². The van der Waals surface area contributed by atoms with Crippen LogP contribution >= 0.6 is 11.3 Å². The van der Waals surface area contributed by atoms with Crippen molar-refractivity contribution in [2.75, 3.05) is 0 Å². The van der Waals surface area contributed by atoms with E-state index < -0.39 is 0 Å². The van der Waals surface area contributed by atoms with E-state index >= 15 is 0 Å². The summed E-state index contributed by atoms with van der Waals surface area (Å²) < 4.78 is 0. The van der Waals surface area contributed by atoms with Gasteiger partial charge in [0.05, 0.1) is 6.04 Å². The van der Waals surface area contributed by atoms with Gasteiger partial charge in [-0.3, -0.25) is 0 Å². The van der Waals surface area contributed by atoms with E-state index in [4.69, 9.17) is 10.8 Å². The highest BCUT2D eigenvalue weighted by Gasteiger charge is 2.03. The summed E-state index contributed by atoms with van der Waals surface area (Å²) in [6, 6.07) is 1.50. The van der Waals surface area contributed by atoms with Crippen molar-refractivity contribution in [3.05, 3.63) is 29.0 Å². The zero-order valence-electron chi connectivity index (χ0n) is 5.45. The van der Waals surface area contributed by atoms with Crippen LogP contribution in [-0.2, 0) is 0 Å². The number of aromatic hydroxyl groups is 1. The number of hydrogen-bond donors (Lipinski definition) is 2. The van der Waals surface area contributed by atoms with Crippen LogP contribution in [0.2, 0.25) is 0 Å². The Labute approximate surface area is 63.6 Å². The van der Waals surface area contributed by atoms with E-state index in [9.17, 15) is 0 Å². The highest BCUT2D eigenvalue weighted by molar-refractivity contribution is 7.10. The Morgan fingerprint density at radius 3 is 2.90 bits per heavy atom. The average molecular weight is 155 g/mol. The molecule has 0 aliphatic carbocycles. The van der Waals surface area contributed by atoms with Crippen molar-refractivity contribution >= 4 is 11.3 Å². The van der Waals surface area contributed by atoms with Crippen molar-refractivity contribution in [2.45, 2.75) is 6.04 Å². The van der Waals surface area contributed by atoms with Crippen molar-refractivity contribution in [1.29, 1.82) is 0 Å². The first kappa shape index (κ1) is 7.31. The molecule has 1 heterocycles. The molecule has 0 aliphatic heterocycles. The van der Waals surface area contributed by atoms with Crippen molar-refractivity contribution in [1.82, 2.24) is 0 Å². The molecular formula is C7H9NOS. The highest BCUT2D eigenvalue weighted by Crippen LogP contribution is 2.24. The molecule has 0 aliphatic rings. The van der Waals surface area contributed by atoms with Crippen LogP contribution < -0.4 is 5.73 Å². The largest absolute Gasteiger partial charge is 0.507 e. The lowest BCUT2D eigenvalue weighted by atomic mass is 10.2. The van der Waals surface area contributed by atoms with Gasteiger partial charge in [-0.05, 0) is 6.07 Å². The van der Waals surface area contributed by atoms with Crippen LogP contribution in [0.4, 0.5) is 0 Å². The smallest absolute Gasteiger partial charge is 0.126 e. The molecule has 1 rings (SSSR count). The summed E-state index contributed by atoms with van der Waals surface area (Å²) >= 11 is 1.44. The molecule has 0 radical (unpaired) electrons. The monoisotopic (exact) mass is 155 g/mol. The minimum Gasteiger partial charge on any atom is -0.507 e. The van der Waals surface area contributed by atoms with Crippen LogP contribution in [0.3, 0.4) is 0 Å². The van der Waals surface area contributed by atoms with Crippen molar-refractivity contribution in [3.63, 3.8) is 0 Å². The normalized spacial score (nSPS) is 12.9. The van der Waals surface area contributed by atoms with Gasteiger partial charge in [0.15, 0.2) is 0 Å². The molecule has 0 unspecified atom stereocenters. The number of rotatable bonds is 2. The van der Waals surface area contributed by atoms with Gasteiger partial charge in [0.2, 0.25) is 0 Å². The topological polar surface area (TPSA) is 46.2 Å². The minimum atomic E-state index is -0.147. The second kappa shape index (κ2) is 2.86. The van der Waals surface area contributed by atoms with E-state index in [2.05, 4.69) is 6.58 Å². The van der Waals surface area contributed by atoms with Crippen LogP contribution in [0, 0.1) is 0 Å². The Kier molecular flexibility index (Phi) is 2.09. The predicted molar refractivity (Wildman–Crippen MR) is 43.1 cm³/mol. The van der Waals surface area contributed by atoms with Crippen LogP contribution in [-0.4, -0.2) is 5.11 Å². The van der Waals surface area contributed by atoms with Crippen molar-refractivity contribution in [2.24, 2.45) is 5.73 Å². The molecular weight excluding hydrogens is 146 g/mol. The number of hydrogen-bond acceptors (Lipinski definition) is 3. The molecule has 10 heavy (non-hydrogen) atoms. The second-order valence-corrected chi connectivity index (χ2v) is 2.91. The number of nitrogens with two attached hydrogens (primary N) is 1. The van der Waals surface area contributed by atoms with E-state index in [1.54, 1.807) is 17.5 Å². The Balaban J connectivity index is 2.84. The fraction of sp³-hybridized carbons (Fsp3) is 0.143. The van der Waals surface area contributed by atoms with Gasteiger partial charge < -0.3 is 10.8 Å². The standard InChI is InChI=1S/C7H9NOS/c1-2-6(8)7-3-5(9)4-10-7/h2-4,6,9H,1,8H2/t6-/m0/s1. The van der Waals surface area contributed by atoms with Crippen LogP contribution in [0.15, 0.2) is 24.1 Å². The Morgan fingerprint density at radius 1 is 1.80 bits per heavy atom. The summed E-state index contributed by atoms with van der Waals surface area (Å²) in [7, 11) is 0. The third kappa shape index (κ3) is 1.37. The van der Waals surface area contributed by atoms with Gasteiger partial charge in [0.1, 0.15) is 5.75 Å². The summed E-state index contributed by atoms with van der Waals surface area (Å²) in [5.41, 5.74) is 5.59. The molecule has 1 atom stereocenters. The zero-order chi connectivity index (χ0) is 7.56. The third-order valence-corrected chi connectivity index (χ3v) is 2.21. The Bertz CT molecular complexity index is 231. The summed E-state index contributed by atoms with van der Waals surface area (Å²) in [6.07, 6.45) is 1.64. The van der Waals surface area contributed by atoms with E-state index in [-0.39, 0.29) is 11.8 Å². The van der Waals surface area contributed by atoms with Gasteiger partial charge in [-0.15, -0.1) is 17.9 Å². The maximum Gasteiger partial charge on any atom is 0.126 e. The fourth-order valence-corrected chi connectivity index (χ4v) is 1.40. The van der Waals surface area contributed by atoms with E-state index in [1.807, 2.05) is 0 Å². The Morgan fingerprint density at radius 2 is 2.50 bits per heavy atom.